The van der Waals surface area contributed by atoms with E-state index in [2.05, 4.69) is 29.4 Å². The zero-order valence-electron chi connectivity index (χ0n) is 10.9. The molecule has 0 radical (unpaired) electrons. The van der Waals surface area contributed by atoms with Crippen LogP contribution in [0.15, 0.2) is 5.38 Å². The summed E-state index contributed by atoms with van der Waals surface area (Å²) in [5.74, 6) is 0. The van der Waals surface area contributed by atoms with Gasteiger partial charge in [-0.1, -0.05) is 0 Å². The Morgan fingerprint density at radius 1 is 1.44 bits per heavy atom. The number of nitrogens with zero attached hydrogens (tertiary/aromatic N) is 1. The Bertz CT molecular complexity index is 390. The molecule has 1 aromatic rings. The standard InChI is InChI=1S/C13H20F2N2S/c1-9(2)17-4-3-11-10(5-16-6-13(14)15)8-18-12(11)7-17/h8-9,13,16H,3-7H2,1-2H3. The molecule has 5 heteroatoms. The summed E-state index contributed by atoms with van der Waals surface area (Å²) < 4.78 is 24.2. The molecular formula is C13H20F2N2S. The summed E-state index contributed by atoms with van der Waals surface area (Å²) in [7, 11) is 0. The first kappa shape index (κ1) is 13.9. The van der Waals surface area contributed by atoms with Crippen molar-refractivity contribution in [2.75, 3.05) is 13.1 Å². The number of hydrogen-bond donors (Lipinski definition) is 1. The largest absolute Gasteiger partial charge is 0.307 e. The van der Waals surface area contributed by atoms with Crippen LogP contribution in [-0.4, -0.2) is 30.5 Å². The normalized spacial score (nSPS) is 16.6. The van der Waals surface area contributed by atoms with Crippen molar-refractivity contribution in [2.24, 2.45) is 0 Å². The van der Waals surface area contributed by atoms with Crippen molar-refractivity contribution >= 4 is 11.3 Å². The lowest BCUT2D eigenvalue weighted by molar-refractivity contribution is 0.145. The van der Waals surface area contributed by atoms with Crippen LogP contribution in [0.5, 0.6) is 0 Å². The SMILES string of the molecule is CC(C)N1CCc2c(CNCC(F)F)csc2C1. The van der Waals surface area contributed by atoms with E-state index in [1.807, 2.05) is 0 Å². The number of nitrogens with one attached hydrogen (secondary N) is 1. The topological polar surface area (TPSA) is 15.3 Å². The summed E-state index contributed by atoms with van der Waals surface area (Å²) in [5.41, 5.74) is 2.60. The highest BCUT2D eigenvalue weighted by atomic mass is 32.1. The summed E-state index contributed by atoms with van der Waals surface area (Å²) in [6, 6.07) is 0.570. The first-order valence-electron chi connectivity index (χ1n) is 6.39. The molecular weight excluding hydrogens is 254 g/mol. The second-order valence-corrected chi connectivity index (χ2v) is 5.96. The van der Waals surface area contributed by atoms with Gasteiger partial charge in [-0.3, -0.25) is 4.90 Å². The van der Waals surface area contributed by atoms with E-state index in [4.69, 9.17) is 0 Å². The fraction of sp³-hybridized carbons (Fsp3) is 0.692. The molecule has 1 N–H and O–H groups in total. The van der Waals surface area contributed by atoms with Crippen LogP contribution in [0.3, 0.4) is 0 Å². The first-order chi connectivity index (χ1) is 8.58. The molecule has 0 fully saturated rings. The molecule has 18 heavy (non-hydrogen) atoms. The lowest BCUT2D eigenvalue weighted by atomic mass is 10.0. The Kier molecular flexibility index (Phi) is 4.70. The summed E-state index contributed by atoms with van der Waals surface area (Å²) in [6.45, 7) is 6.85. The van der Waals surface area contributed by atoms with E-state index in [0.29, 0.717) is 12.6 Å². The van der Waals surface area contributed by atoms with Gasteiger partial charge in [0.2, 0.25) is 0 Å². The van der Waals surface area contributed by atoms with Gasteiger partial charge < -0.3 is 5.32 Å². The van der Waals surface area contributed by atoms with Crippen molar-refractivity contribution in [3.05, 3.63) is 21.4 Å². The highest BCUT2D eigenvalue weighted by Crippen LogP contribution is 2.29. The quantitative estimate of drug-likeness (QED) is 0.888. The zero-order valence-corrected chi connectivity index (χ0v) is 11.7. The van der Waals surface area contributed by atoms with Crippen LogP contribution in [-0.2, 0) is 19.5 Å². The Hall–Kier alpha value is -0.520. The third kappa shape index (κ3) is 3.28. The number of thiophene rings is 1. The number of halogens is 2. The van der Waals surface area contributed by atoms with Crippen LogP contribution in [0, 0.1) is 0 Å². The van der Waals surface area contributed by atoms with Crippen LogP contribution in [0.4, 0.5) is 8.78 Å². The molecule has 2 nitrogen and oxygen atoms in total. The minimum Gasteiger partial charge on any atom is -0.307 e. The van der Waals surface area contributed by atoms with E-state index in [0.717, 1.165) is 19.5 Å². The monoisotopic (exact) mass is 274 g/mol. The maximum atomic E-state index is 12.1. The van der Waals surface area contributed by atoms with Crippen LogP contribution in [0.1, 0.15) is 29.9 Å². The molecule has 2 rings (SSSR count). The Morgan fingerprint density at radius 2 is 2.22 bits per heavy atom. The molecule has 0 atom stereocenters. The molecule has 0 bridgehead atoms. The smallest absolute Gasteiger partial charge is 0.250 e. The number of alkyl halides is 2. The van der Waals surface area contributed by atoms with Crippen LogP contribution < -0.4 is 5.32 Å². The van der Waals surface area contributed by atoms with Crippen LogP contribution in [0.2, 0.25) is 0 Å². The molecule has 0 saturated heterocycles. The fourth-order valence-electron chi connectivity index (χ4n) is 2.32. The third-order valence-corrected chi connectivity index (χ3v) is 4.47. The first-order valence-corrected chi connectivity index (χ1v) is 7.27. The molecule has 1 aromatic heterocycles. The van der Waals surface area contributed by atoms with E-state index in [-0.39, 0.29) is 6.54 Å². The van der Waals surface area contributed by atoms with E-state index < -0.39 is 6.43 Å². The maximum absolute atomic E-state index is 12.1. The van der Waals surface area contributed by atoms with Gasteiger partial charge in [0.05, 0.1) is 6.54 Å². The fourth-order valence-corrected chi connectivity index (χ4v) is 3.45. The molecule has 1 aliphatic heterocycles. The van der Waals surface area contributed by atoms with Gasteiger partial charge in [0.1, 0.15) is 0 Å². The maximum Gasteiger partial charge on any atom is 0.250 e. The average molecular weight is 274 g/mol. The number of hydrogen-bond acceptors (Lipinski definition) is 3. The van der Waals surface area contributed by atoms with Gasteiger partial charge in [0.15, 0.2) is 0 Å². The van der Waals surface area contributed by atoms with Crippen molar-refractivity contribution in [3.63, 3.8) is 0 Å². The van der Waals surface area contributed by atoms with Crippen molar-refractivity contribution < 1.29 is 8.78 Å². The van der Waals surface area contributed by atoms with Crippen LogP contribution in [0.25, 0.3) is 0 Å². The lowest BCUT2D eigenvalue weighted by Crippen LogP contribution is -2.35. The Morgan fingerprint density at radius 3 is 2.89 bits per heavy atom. The van der Waals surface area contributed by atoms with Gasteiger partial charge in [-0.25, -0.2) is 8.78 Å². The van der Waals surface area contributed by atoms with E-state index in [1.54, 1.807) is 11.3 Å². The van der Waals surface area contributed by atoms with Crippen molar-refractivity contribution in [2.45, 2.75) is 45.8 Å². The highest BCUT2D eigenvalue weighted by molar-refractivity contribution is 7.10. The van der Waals surface area contributed by atoms with Crippen molar-refractivity contribution in [3.8, 4) is 0 Å². The molecule has 1 aliphatic rings. The average Bonchev–Trinajstić information content (AvgIpc) is 2.71. The molecule has 2 heterocycles. The predicted molar refractivity (Wildman–Crippen MR) is 71.3 cm³/mol. The van der Waals surface area contributed by atoms with Crippen molar-refractivity contribution in [1.29, 1.82) is 0 Å². The molecule has 0 saturated carbocycles. The molecule has 0 amide bonds. The van der Waals surface area contributed by atoms with Gasteiger partial charge in [0.25, 0.3) is 6.43 Å². The summed E-state index contributed by atoms with van der Waals surface area (Å²) in [5, 5.41) is 4.93. The Labute approximate surface area is 111 Å². The third-order valence-electron chi connectivity index (χ3n) is 3.41. The molecule has 0 spiro atoms. The highest BCUT2D eigenvalue weighted by Gasteiger charge is 2.22. The van der Waals surface area contributed by atoms with E-state index in [1.165, 1.54) is 16.0 Å². The van der Waals surface area contributed by atoms with E-state index >= 15 is 0 Å². The Balaban J connectivity index is 1.96. The van der Waals surface area contributed by atoms with Crippen molar-refractivity contribution in [1.82, 2.24) is 10.2 Å². The van der Waals surface area contributed by atoms with Crippen LogP contribution >= 0.6 is 11.3 Å². The zero-order chi connectivity index (χ0) is 13.1. The minimum absolute atomic E-state index is 0.220. The molecule has 0 aliphatic carbocycles. The summed E-state index contributed by atoms with van der Waals surface area (Å²) in [4.78, 5) is 3.86. The minimum atomic E-state index is -2.27. The summed E-state index contributed by atoms with van der Waals surface area (Å²) in [6.07, 6.45) is -1.22. The van der Waals surface area contributed by atoms with E-state index in [9.17, 15) is 8.78 Å². The number of fused-ring (bicyclic) bond motifs is 1. The molecule has 0 unspecified atom stereocenters. The second-order valence-electron chi connectivity index (χ2n) is 5.00. The van der Waals surface area contributed by atoms with Gasteiger partial charge >= 0.3 is 0 Å². The number of rotatable bonds is 5. The van der Waals surface area contributed by atoms with Gasteiger partial charge in [-0.2, -0.15) is 0 Å². The summed E-state index contributed by atoms with van der Waals surface area (Å²) >= 11 is 1.76. The predicted octanol–water partition coefficient (Wildman–Crippen LogP) is 2.87. The van der Waals surface area contributed by atoms with Gasteiger partial charge in [0, 0.05) is 30.6 Å². The molecule has 0 aromatic carbocycles. The lowest BCUT2D eigenvalue weighted by Gasteiger charge is -2.30. The van der Waals surface area contributed by atoms with Gasteiger partial charge in [-0.15, -0.1) is 11.3 Å². The van der Waals surface area contributed by atoms with Gasteiger partial charge in [-0.05, 0) is 36.8 Å². The molecule has 102 valence electrons. The second kappa shape index (κ2) is 6.08.